The minimum atomic E-state index is 0.134. The second-order valence-electron chi connectivity index (χ2n) is 6.08. The number of hydrogen-bond donors (Lipinski definition) is 1. The van der Waals surface area contributed by atoms with Gasteiger partial charge in [-0.1, -0.05) is 6.92 Å². The van der Waals surface area contributed by atoms with Gasteiger partial charge in [0.2, 0.25) is 11.8 Å². The molecular weight excluding hydrogens is 264 g/mol. The first-order valence-corrected chi connectivity index (χ1v) is 8.06. The van der Waals surface area contributed by atoms with Gasteiger partial charge in [0.05, 0.1) is 6.10 Å². The summed E-state index contributed by atoms with van der Waals surface area (Å²) in [6.07, 6.45) is 2.62. The SMILES string of the molecule is CCNCC1CCCN(c2nc(C)cc(OC(C)C)n2)C1. The third kappa shape index (κ3) is 4.84. The van der Waals surface area contributed by atoms with Crippen LogP contribution in [0.25, 0.3) is 0 Å². The lowest BCUT2D eigenvalue weighted by Gasteiger charge is -2.33. The van der Waals surface area contributed by atoms with Gasteiger partial charge in [0, 0.05) is 24.8 Å². The van der Waals surface area contributed by atoms with Crippen LogP contribution < -0.4 is 15.0 Å². The van der Waals surface area contributed by atoms with Gasteiger partial charge in [-0.15, -0.1) is 0 Å². The van der Waals surface area contributed by atoms with Crippen LogP contribution in [0, 0.1) is 12.8 Å². The number of aromatic nitrogens is 2. The summed E-state index contributed by atoms with van der Waals surface area (Å²) in [6, 6.07) is 1.91. The minimum Gasteiger partial charge on any atom is -0.475 e. The average molecular weight is 292 g/mol. The monoisotopic (exact) mass is 292 g/mol. The summed E-state index contributed by atoms with van der Waals surface area (Å²) in [4.78, 5) is 11.5. The van der Waals surface area contributed by atoms with Crippen molar-refractivity contribution in [2.24, 2.45) is 5.92 Å². The fraction of sp³-hybridized carbons (Fsp3) is 0.750. The van der Waals surface area contributed by atoms with Gasteiger partial charge in [-0.3, -0.25) is 0 Å². The highest BCUT2D eigenvalue weighted by Crippen LogP contribution is 2.22. The molecule has 0 aliphatic carbocycles. The smallest absolute Gasteiger partial charge is 0.228 e. The molecule has 0 saturated carbocycles. The molecule has 2 heterocycles. The zero-order valence-electron chi connectivity index (χ0n) is 13.7. The van der Waals surface area contributed by atoms with Crippen LogP contribution >= 0.6 is 0 Å². The van der Waals surface area contributed by atoms with E-state index in [1.54, 1.807) is 0 Å². The Hall–Kier alpha value is -1.36. The highest BCUT2D eigenvalue weighted by atomic mass is 16.5. The normalized spacial score (nSPS) is 19.1. The van der Waals surface area contributed by atoms with E-state index in [0.29, 0.717) is 11.8 Å². The molecular formula is C16H28N4O. The van der Waals surface area contributed by atoms with Gasteiger partial charge < -0.3 is 15.0 Å². The van der Waals surface area contributed by atoms with E-state index < -0.39 is 0 Å². The van der Waals surface area contributed by atoms with Gasteiger partial charge in [0.1, 0.15) is 0 Å². The maximum atomic E-state index is 5.73. The van der Waals surface area contributed by atoms with E-state index in [0.717, 1.165) is 37.8 Å². The van der Waals surface area contributed by atoms with Crippen molar-refractivity contribution >= 4 is 5.95 Å². The van der Waals surface area contributed by atoms with E-state index in [2.05, 4.69) is 27.1 Å². The third-order valence-electron chi connectivity index (χ3n) is 3.66. The molecule has 1 aromatic rings. The van der Waals surface area contributed by atoms with E-state index in [4.69, 9.17) is 4.74 Å². The molecule has 1 unspecified atom stereocenters. The molecule has 0 amide bonds. The summed E-state index contributed by atoms with van der Waals surface area (Å²) in [7, 11) is 0. The Kier molecular flexibility index (Phi) is 5.79. The molecule has 1 fully saturated rings. The van der Waals surface area contributed by atoms with E-state index >= 15 is 0 Å². The van der Waals surface area contributed by atoms with Crippen LogP contribution in [0.1, 0.15) is 39.3 Å². The second kappa shape index (κ2) is 7.59. The molecule has 1 atom stereocenters. The van der Waals surface area contributed by atoms with Gasteiger partial charge in [0.15, 0.2) is 0 Å². The first-order chi connectivity index (χ1) is 10.1. The number of ether oxygens (including phenoxy) is 1. The summed E-state index contributed by atoms with van der Waals surface area (Å²) in [5.41, 5.74) is 0.962. The Morgan fingerprint density at radius 2 is 2.24 bits per heavy atom. The van der Waals surface area contributed by atoms with Crippen LogP contribution in [-0.4, -0.2) is 42.3 Å². The maximum Gasteiger partial charge on any atom is 0.228 e. The van der Waals surface area contributed by atoms with Crippen LogP contribution in [0.2, 0.25) is 0 Å². The lowest BCUT2D eigenvalue weighted by Crippen LogP contribution is -2.40. The molecule has 5 nitrogen and oxygen atoms in total. The van der Waals surface area contributed by atoms with Crippen LogP contribution in [0.5, 0.6) is 5.88 Å². The Balaban J connectivity index is 2.07. The topological polar surface area (TPSA) is 50.3 Å². The van der Waals surface area contributed by atoms with Crippen molar-refractivity contribution in [3.63, 3.8) is 0 Å². The van der Waals surface area contributed by atoms with Gasteiger partial charge in [-0.2, -0.15) is 4.98 Å². The summed E-state index contributed by atoms with van der Waals surface area (Å²) >= 11 is 0. The van der Waals surface area contributed by atoms with Crippen molar-refractivity contribution in [1.82, 2.24) is 15.3 Å². The van der Waals surface area contributed by atoms with Crippen molar-refractivity contribution in [1.29, 1.82) is 0 Å². The third-order valence-corrected chi connectivity index (χ3v) is 3.66. The van der Waals surface area contributed by atoms with E-state index in [-0.39, 0.29) is 6.10 Å². The molecule has 0 bridgehead atoms. The number of anilines is 1. The zero-order chi connectivity index (χ0) is 15.2. The molecule has 5 heteroatoms. The molecule has 118 valence electrons. The lowest BCUT2D eigenvalue weighted by atomic mass is 9.98. The molecule has 0 spiro atoms. The molecule has 1 N–H and O–H groups in total. The van der Waals surface area contributed by atoms with Crippen LogP contribution in [0.3, 0.4) is 0 Å². The van der Waals surface area contributed by atoms with Crippen LogP contribution in [0.4, 0.5) is 5.95 Å². The van der Waals surface area contributed by atoms with Crippen LogP contribution in [0.15, 0.2) is 6.07 Å². The van der Waals surface area contributed by atoms with E-state index in [1.807, 2.05) is 26.8 Å². The molecule has 1 saturated heterocycles. The number of hydrogen-bond acceptors (Lipinski definition) is 5. The quantitative estimate of drug-likeness (QED) is 0.872. The lowest BCUT2D eigenvalue weighted by molar-refractivity contribution is 0.232. The first kappa shape index (κ1) is 16.0. The minimum absolute atomic E-state index is 0.134. The summed E-state index contributed by atoms with van der Waals surface area (Å²) in [6.45, 7) is 12.4. The van der Waals surface area contributed by atoms with Crippen molar-refractivity contribution in [3.8, 4) is 5.88 Å². The first-order valence-electron chi connectivity index (χ1n) is 8.06. The Morgan fingerprint density at radius 1 is 1.43 bits per heavy atom. The van der Waals surface area contributed by atoms with Crippen molar-refractivity contribution < 1.29 is 4.74 Å². The largest absolute Gasteiger partial charge is 0.475 e. The predicted octanol–water partition coefficient (Wildman–Crippen LogP) is 2.40. The second-order valence-corrected chi connectivity index (χ2v) is 6.08. The Bertz CT molecular complexity index is 450. The number of rotatable bonds is 6. The van der Waals surface area contributed by atoms with Crippen molar-refractivity contribution in [3.05, 3.63) is 11.8 Å². The number of nitrogens with zero attached hydrogens (tertiary/aromatic N) is 3. The Morgan fingerprint density at radius 3 is 2.95 bits per heavy atom. The summed E-state index contributed by atoms with van der Waals surface area (Å²) in [5, 5.41) is 3.45. The Labute approximate surface area is 128 Å². The number of aryl methyl sites for hydroxylation is 1. The standard InChI is InChI=1S/C16H28N4O/c1-5-17-10-14-7-6-8-20(11-14)16-18-13(4)9-15(19-16)21-12(2)3/h9,12,14,17H,5-8,10-11H2,1-4H3. The average Bonchev–Trinajstić information content (AvgIpc) is 2.44. The fourth-order valence-electron chi connectivity index (χ4n) is 2.73. The van der Waals surface area contributed by atoms with Crippen molar-refractivity contribution in [2.45, 2.75) is 46.6 Å². The highest BCUT2D eigenvalue weighted by Gasteiger charge is 2.22. The van der Waals surface area contributed by atoms with Gasteiger partial charge in [-0.25, -0.2) is 4.98 Å². The fourth-order valence-corrected chi connectivity index (χ4v) is 2.73. The molecule has 0 radical (unpaired) electrons. The van der Waals surface area contributed by atoms with Gasteiger partial charge in [0.25, 0.3) is 0 Å². The zero-order valence-corrected chi connectivity index (χ0v) is 13.7. The number of nitrogens with one attached hydrogen (secondary N) is 1. The van der Waals surface area contributed by atoms with E-state index in [1.165, 1.54) is 12.8 Å². The maximum absolute atomic E-state index is 5.73. The predicted molar refractivity (Wildman–Crippen MR) is 86.0 cm³/mol. The summed E-state index contributed by atoms with van der Waals surface area (Å²) in [5.74, 6) is 2.17. The molecule has 1 aliphatic rings. The molecule has 1 aliphatic heterocycles. The molecule has 1 aromatic heterocycles. The van der Waals surface area contributed by atoms with Crippen LogP contribution in [-0.2, 0) is 0 Å². The summed E-state index contributed by atoms with van der Waals surface area (Å²) < 4.78 is 5.73. The molecule has 0 aromatic carbocycles. The molecule has 21 heavy (non-hydrogen) atoms. The number of piperidine rings is 1. The van der Waals surface area contributed by atoms with E-state index in [9.17, 15) is 0 Å². The van der Waals surface area contributed by atoms with Gasteiger partial charge in [-0.05, 0) is 52.6 Å². The van der Waals surface area contributed by atoms with Gasteiger partial charge >= 0.3 is 0 Å². The highest BCUT2D eigenvalue weighted by molar-refractivity contribution is 5.35. The molecule has 2 rings (SSSR count). The van der Waals surface area contributed by atoms with Crippen molar-refractivity contribution in [2.75, 3.05) is 31.1 Å².